The maximum Gasteiger partial charge on any atom is 0.164 e. The Kier molecular flexibility index (Phi) is 4.13. The Balaban J connectivity index is 1.57. The van der Waals surface area contributed by atoms with Crippen molar-refractivity contribution in [1.82, 2.24) is 0 Å². The summed E-state index contributed by atoms with van der Waals surface area (Å²) in [6.45, 7) is 8.72. The molecule has 4 nitrogen and oxygen atoms in total. The highest BCUT2D eigenvalue weighted by molar-refractivity contribution is 5.13. The lowest BCUT2D eigenvalue weighted by molar-refractivity contribution is -0.187. The fraction of sp³-hybridized carbons (Fsp3) is 0.529. The van der Waals surface area contributed by atoms with Crippen LogP contribution in [0, 0.1) is 0 Å². The largest absolute Gasteiger partial charge is 0.374 e. The number of benzene rings is 1. The van der Waals surface area contributed by atoms with Gasteiger partial charge in [0.05, 0.1) is 13.2 Å². The van der Waals surface area contributed by atoms with E-state index in [0.717, 1.165) is 5.56 Å². The van der Waals surface area contributed by atoms with Crippen molar-refractivity contribution in [1.29, 1.82) is 0 Å². The van der Waals surface area contributed by atoms with Crippen molar-refractivity contribution in [2.24, 2.45) is 0 Å². The van der Waals surface area contributed by atoms with Gasteiger partial charge in [0, 0.05) is 0 Å². The van der Waals surface area contributed by atoms with Crippen molar-refractivity contribution >= 4 is 0 Å². The smallest absolute Gasteiger partial charge is 0.164 e. The van der Waals surface area contributed by atoms with E-state index in [1.54, 1.807) is 6.08 Å². The molecular weight excluding hydrogens is 268 g/mol. The summed E-state index contributed by atoms with van der Waals surface area (Å²) < 4.78 is 23.5. The van der Waals surface area contributed by atoms with Crippen LogP contribution in [0.4, 0.5) is 0 Å². The molecule has 0 N–H and O–H groups in total. The summed E-state index contributed by atoms with van der Waals surface area (Å²) in [6.07, 6.45) is 1.33. The van der Waals surface area contributed by atoms with E-state index in [2.05, 4.69) is 6.58 Å². The molecule has 2 saturated heterocycles. The molecule has 0 saturated carbocycles. The van der Waals surface area contributed by atoms with Crippen LogP contribution >= 0.6 is 0 Å². The summed E-state index contributed by atoms with van der Waals surface area (Å²) in [7, 11) is 0. The van der Waals surface area contributed by atoms with E-state index in [9.17, 15) is 0 Å². The molecule has 2 aliphatic rings. The summed E-state index contributed by atoms with van der Waals surface area (Å²) in [5.41, 5.74) is 1.15. The fourth-order valence-electron chi connectivity index (χ4n) is 2.91. The van der Waals surface area contributed by atoms with Gasteiger partial charge >= 0.3 is 0 Å². The SMILES string of the molecule is C=C[C@@H]1O[C@H](COCc2ccccc2)[C@H]2OC(C)(C)O[C@H]21. The molecule has 0 bridgehead atoms. The highest BCUT2D eigenvalue weighted by Gasteiger charge is 2.54. The van der Waals surface area contributed by atoms with Crippen molar-refractivity contribution in [3.8, 4) is 0 Å². The summed E-state index contributed by atoms with van der Waals surface area (Å²) >= 11 is 0. The Morgan fingerprint density at radius 3 is 2.62 bits per heavy atom. The van der Waals surface area contributed by atoms with Gasteiger partial charge in [-0.05, 0) is 19.4 Å². The average molecular weight is 290 g/mol. The van der Waals surface area contributed by atoms with E-state index in [1.807, 2.05) is 44.2 Å². The lowest BCUT2D eigenvalue weighted by atomic mass is 10.1. The Morgan fingerprint density at radius 2 is 1.90 bits per heavy atom. The predicted molar refractivity (Wildman–Crippen MR) is 78.8 cm³/mol. The van der Waals surface area contributed by atoms with Gasteiger partial charge in [0.2, 0.25) is 0 Å². The molecule has 114 valence electrons. The Hall–Kier alpha value is -1.20. The summed E-state index contributed by atoms with van der Waals surface area (Å²) in [5, 5.41) is 0. The lowest BCUT2D eigenvalue weighted by Crippen LogP contribution is -2.32. The molecule has 4 heteroatoms. The van der Waals surface area contributed by atoms with Gasteiger partial charge in [0.1, 0.15) is 24.4 Å². The second-order valence-electron chi connectivity index (χ2n) is 5.94. The van der Waals surface area contributed by atoms with Crippen LogP contribution in [0.15, 0.2) is 43.0 Å². The molecule has 1 aromatic carbocycles. The molecule has 2 heterocycles. The van der Waals surface area contributed by atoms with Crippen molar-refractivity contribution in [3.63, 3.8) is 0 Å². The first-order valence-corrected chi connectivity index (χ1v) is 7.34. The maximum atomic E-state index is 5.95. The van der Waals surface area contributed by atoms with Gasteiger partial charge in [0.15, 0.2) is 5.79 Å². The number of hydrogen-bond donors (Lipinski definition) is 0. The summed E-state index contributed by atoms with van der Waals surface area (Å²) in [4.78, 5) is 0. The Morgan fingerprint density at radius 1 is 1.19 bits per heavy atom. The van der Waals surface area contributed by atoms with Gasteiger partial charge in [0.25, 0.3) is 0 Å². The van der Waals surface area contributed by atoms with E-state index >= 15 is 0 Å². The molecule has 2 aliphatic heterocycles. The zero-order valence-electron chi connectivity index (χ0n) is 12.5. The first-order valence-electron chi connectivity index (χ1n) is 7.34. The van der Waals surface area contributed by atoms with E-state index in [4.69, 9.17) is 18.9 Å². The highest BCUT2D eigenvalue weighted by Crippen LogP contribution is 2.39. The molecule has 0 aliphatic carbocycles. The maximum absolute atomic E-state index is 5.95. The van der Waals surface area contributed by atoms with Crippen LogP contribution in [-0.2, 0) is 25.6 Å². The molecule has 0 unspecified atom stereocenters. The topological polar surface area (TPSA) is 36.9 Å². The monoisotopic (exact) mass is 290 g/mol. The molecule has 4 atom stereocenters. The minimum absolute atomic E-state index is 0.0946. The van der Waals surface area contributed by atoms with E-state index in [-0.39, 0.29) is 24.4 Å². The predicted octanol–water partition coefficient (Wildman–Crippen LogP) is 2.68. The second-order valence-corrected chi connectivity index (χ2v) is 5.94. The molecule has 0 spiro atoms. The quantitative estimate of drug-likeness (QED) is 0.781. The standard InChI is InChI=1S/C17H22O4/c1-4-13-15-16(21-17(2,3)20-15)14(19-13)11-18-10-12-8-6-5-7-9-12/h4-9,13-16H,1,10-11H2,2-3H3/t13-,14+,15-,16+/m0/s1. The average Bonchev–Trinajstić information content (AvgIpc) is 2.94. The van der Waals surface area contributed by atoms with Crippen LogP contribution in [0.1, 0.15) is 19.4 Å². The number of ether oxygens (including phenoxy) is 4. The van der Waals surface area contributed by atoms with Gasteiger partial charge < -0.3 is 18.9 Å². The molecule has 2 fully saturated rings. The first kappa shape index (κ1) is 14.7. The first-order chi connectivity index (χ1) is 10.1. The van der Waals surface area contributed by atoms with Crippen LogP contribution < -0.4 is 0 Å². The third-order valence-corrected chi connectivity index (χ3v) is 3.81. The van der Waals surface area contributed by atoms with Crippen LogP contribution in [0.3, 0.4) is 0 Å². The van der Waals surface area contributed by atoms with Crippen LogP contribution in [-0.4, -0.2) is 36.8 Å². The second kappa shape index (κ2) is 5.89. The van der Waals surface area contributed by atoms with Crippen molar-refractivity contribution in [3.05, 3.63) is 48.6 Å². The lowest BCUT2D eigenvalue weighted by Gasteiger charge is -2.23. The number of rotatable bonds is 5. The minimum Gasteiger partial charge on any atom is -0.374 e. The fourth-order valence-corrected chi connectivity index (χ4v) is 2.91. The van der Waals surface area contributed by atoms with Crippen LogP contribution in [0.25, 0.3) is 0 Å². The highest BCUT2D eigenvalue weighted by atomic mass is 16.8. The molecule has 0 aromatic heterocycles. The molecule has 0 amide bonds. The van der Waals surface area contributed by atoms with Gasteiger partial charge in [-0.15, -0.1) is 6.58 Å². The van der Waals surface area contributed by atoms with Crippen molar-refractivity contribution < 1.29 is 18.9 Å². The van der Waals surface area contributed by atoms with Crippen LogP contribution in [0.5, 0.6) is 0 Å². The zero-order valence-corrected chi connectivity index (χ0v) is 12.5. The van der Waals surface area contributed by atoms with Gasteiger partial charge in [-0.25, -0.2) is 0 Å². The van der Waals surface area contributed by atoms with Crippen molar-refractivity contribution in [2.75, 3.05) is 6.61 Å². The number of fused-ring (bicyclic) bond motifs is 1. The van der Waals surface area contributed by atoms with Gasteiger partial charge in [-0.3, -0.25) is 0 Å². The molecule has 1 aromatic rings. The molecular formula is C17H22O4. The Labute approximate surface area is 125 Å². The summed E-state index contributed by atoms with van der Waals surface area (Å²) in [5.74, 6) is -0.571. The third kappa shape index (κ3) is 3.19. The number of hydrogen-bond acceptors (Lipinski definition) is 4. The van der Waals surface area contributed by atoms with Crippen molar-refractivity contribution in [2.45, 2.75) is 50.7 Å². The van der Waals surface area contributed by atoms with Gasteiger partial charge in [-0.1, -0.05) is 36.4 Å². The normalized spacial score (nSPS) is 33.8. The Bertz CT molecular complexity index is 485. The molecule has 21 heavy (non-hydrogen) atoms. The van der Waals surface area contributed by atoms with Gasteiger partial charge in [-0.2, -0.15) is 0 Å². The van der Waals surface area contributed by atoms with E-state index in [0.29, 0.717) is 13.2 Å². The third-order valence-electron chi connectivity index (χ3n) is 3.81. The summed E-state index contributed by atoms with van der Waals surface area (Å²) in [6, 6.07) is 10.1. The van der Waals surface area contributed by atoms with E-state index < -0.39 is 5.79 Å². The molecule has 3 rings (SSSR count). The minimum atomic E-state index is -0.571. The van der Waals surface area contributed by atoms with Crippen LogP contribution in [0.2, 0.25) is 0 Å². The zero-order chi connectivity index (χ0) is 14.9. The molecule has 0 radical (unpaired) electrons. The van der Waals surface area contributed by atoms with E-state index in [1.165, 1.54) is 0 Å².